The second-order valence-corrected chi connectivity index (χ2v) is 13.5. The summed E-state index contributed by atoms with van der Waals surface area (Å²) in [6.07, 6.45) is 8.80. The second-order valence-electron chi connectivity index (χ2n) is 11.7. The van der Waals surface area contributed by atoms with Crippen molar-refractivity contribution in [3.63, 3.8) is 0 Å². The van der Waals surface area contributed by atoms with Gasteiger partial charge in [0.1, 0.15) is 16.5 Å². The number of aromatic nitrogens is 2. The van der Waals surface area contributed by atoms with E-state index in [0.29, 0.717) is 46.0 Å². The SMILES string of the molecule is COC(=O)c1cccc2nc(C34CCC(COCc5c(-c6c(Cl)cccc6Cl)noc5C5CC5)(CC3)CC4)sc12. The fraction of sp³-hybridized carbons (Fsp3) is 0.452. The minimum Gasteiger partial charge on any atom is -0.465 e. The van der Waals surface area contributed by atoms with Gasteiger partial charge in [-0.25, -0.2) is 9.78 Å². The number of hydrogen-bond donors (Lipinski definition) is 0. The molecular formula is C31H30Cl2N2O4S. The van der Waals surface area contributed by atoms with E-state index in [1.807, 2.05) is 36.4 Å². The minimum atomic E-state index is -0.306. The predicted molar refractivity (Wildman–Crippen MR) is 156 cm³/mol. The quantitative estimate of drug-likeness (QED) is 0.189. The van der Waals surface area contributed by atoms with E-state index in [1.165, 1.54) is 7.11 Å². The van der Waals surface area contributed by atoms with Crippen LogP contribution in [0.25, 0.3) is 21.5 Å². The Morgan fingerprint density at radius 1 is 1.05 bits per heavy atom. The van der Waals surface area contributed by atoms with Crippen molar-refractivity contribution in [2.75, 3.05) is 13.7 Å². The Labute approximate surface area is 247 Å². The molecule has 208 valence electrons. The van der Waals surface area contributed by atoms with Crippen molar-refractivity contribution in [3.05, 3.63) is 68.3 Å². The normalized spacial score (nSPS) is 24.1. The number of methoxy groups -OCH3 is 1. The highest BCUT2D eigenvalue weighted by Crippen LogP contribution is 2.59. The molecule has 9 heteroatoms. The number of halogens is 2. The molecule has 4 aromatic rings. The van der Waals surface area contributed by atoms with E-state index in [0.717, 1.165) is 77.9 Å². The Morgan fingerprint density at radius 3 is 2.42 bits per heavy atom. The Bertz CT molecular complexity index is 1560. The Morgan fingerprint density at radius 2 is 1.75 bits per heavy atom. The number of esters is 1. The molecule has 0 amide bonds. The maximum Gasteiger partial charge on any atom is 0.339 e. The van der Waals surface area contributed by atoms with Crippen molar-refractivity contribution in [1.29, 1.82) is 0 Å². The van der Waals surface area contributed by atoms with Gasteiger partial charge in [0.25, 0.3) is 0 Å². The van der Waals surface area contributed by atoms with Gasteiger partial charge in [-0.1, -0.05) is 40.5 Å². The van der Waals surface area contributed by atoms with Crippen LogP contribution in [-0.2, 0) is 21.5 Å². The van der Waals surface area contributed by atoms with Gasteiger partial charge in [-0.15, -0.1) is 11.3 Å². The van der Waals surface area contributed by atoms with Crippen LogP contribution in [-0.4, -0.2) is 29.8 Å². The molecule has 0 saturated heterocycles. The first-order chi connectivity index (χ1) is 19.4. The zero-order valence-electron chi connectivity index (χ0n) is 22.3. The summed E-state index contributed by atoms with van der Waals surface area (Å²) in [5, 5.41) is 6.69. The van der Waals surface area contributed by atoms with Crippen LogP contribution in [0.2, 0.25) is 10.0 Å². The topological polar surface area (TPSA) is 74.5 Å². The molecule has 4 saturated carbocycles. The largest absolute Gasteiger partial charge is 0.465 e. The molecule has 2 heterocycles. The Kier molecular flexibility index (Phi) is 6.69. The fourth-order valence-corrected chi connectivity index (χ4v) is 8.58. The van der Waals surface area contributed by atoms with Crippen LogP contribution < -0.4 is 0 Å². The molecular weight excluding hydrogens is 567 g/mol. The van der Waals surface area contributed by atoms with Crippen LogP contribution in [0.5, 0.6) is 0 Å². The smallest absolute Gasteiger partial charge is 0.339 e. The molecule has 0 spiro atoms. The van der Waals surface area contributed by atoms with Gasteiger partial charge in [0.2, 0.25) is 0 Å². The van der Waals surface area contributed by atoms with E-state index in [-0.39, 0.29) is 16.8 Å². The highest BCUT2D eigenvalue weighted by molar-refractivity contribution is 7.19. The van der Waals surface area contributed by atoms with Gasteiger partial charge in [-0.3, -0.25) is 0 Å². The van der Waals surface area contributed by atoms with Gasteiger partial charge in [0, 0.05) is 22.5 Å². The van der Waals surface area contributed by atoms with E-state index in [2.05, 4.69) is 5.16 Å². The molecule has 2 bridgehead atoms. The standard InChI is InChI=1S/C31H30Cl2N2O4S/c1-37-28(36)19-4-2-7-23-27(19)40-29(34-23)31-13-10-30(11-14-31,12-15-31)17-38-16-20-25(35-39-26(20)18-8-9-18)24-21(32)5-3-6-22(24)33/h2-7,18H,8-17H2,1H3. The van der Waals surface area contributed by atoms with Gasteiger partial charge < -0.3 is 14.0 Å². The lowest BCUT2D eigenvalue weighted by Gasteiger charge is -2.52. The van der Waals surface area contributed by atoms with E-state index in [4.69, 9.17) is 42.2 Å². The van der Waals surface area contributed by atoms with E-state index in [9.17, 15) is 4.79 Å². The first-order valence-corrected chi connectivity index (χ1v) is 15.5. The first-order valence-electron chi connectivity index (χ1n) is 13.9. The van der Waals surface area contributed by atoms with E-state index in [1.54, 1.807) is 11.3 Å². The Balaban J connectivity index is 1.07. The third-order valence-electron chi connectivity index (χ3n) is 9.30. The van der Waals surface area contributed by atoms with E-state index < -0.39 is 0 Å². The van der Waals surface area contributed by atoms with Crippen LogP contribution >= 0.6 is 34.5 Å². The van der Waals surface area contributed by atoms with Crippen LogP contribution in [0.15, 0.2) is 40.9 Å². The number of thiazole rings is 1. The number of rotatable bonds is 8. The minimum absolute atomic E-state index is 0.0838. The summed E-state index contributed by atoms with van der Waals surface area (Å²) in [5.41, 5.74) is 4.14. The summed E-state index contributed by atoms with van der Waals surface area (Å²) < 4.78 is 18.2. The fourth-order valence-electron chi connectivity index (χ4n) is 6.67. The highest BCUT2D eigenvalue weighted by Gasteiger charge is 2.51. The average molecular weight is 598 g/mol. The summed E-state index contributed by atoms with van der Waals surface area (Å²) in [7, 11) is 1.42. The third kappa shape index (κ3) is 4.46. The van der Waals surface area contributed by atoms with Gasteiger partial charge in [0.15, 0.2) is 0 Å². The molecule has 2 aromatic heterocycles. The molecule has 0 unspecified atom stereocenters. The monoisotopic (exact) mass is 596 g/mol. The summed E-state index contributed by atoms with van der Waals surface area (Å²) in [6, 6.07) is 11.2. The molecule has 6 nitrogen and oxygen atoms in total. The zero-order chi connectivity index (χ0) is 27.5. The van der Waals surface area contributed by atoms with Crippen LogP contribution in [0.4, 0.5) is 0 Å². The lowest BCUT2D eigenvalue weighted by atomic mass is 9.54. The van der Waals surface area contributed by atoms with Crippen molar-refractivity contribution in [3.8, 4) is 11.3 Å². The summed E-state index contributed by atoms with van der Waals surface area (Å²) in [6.45, 7) is 1.15. The molecule has 4 aliphatic carbocycles. The van der Waals surface area contributed by atoms with Crippen LogP contribution in [0.3, 0.4) is 0 Å². The maximum absolute atomic E-state index is 12.3. The molecule has 0 radical (unpaired) electrons. The molecule has 4 fully saturated rings. The van der Waals surface area contributed by atoms with Crippen LogP contribution in [0, 0.1) is 5.41 Å². The summed E-state index contributed by atoms with van der Waals surface area (Å²) >= 11 is 14.7. The second kappa shape index (κ2) is 10.1. The third-order valence-corrected chi connectivity index (χ3v) is 11.3. The molecule has 8 rings (SSSR count). The molecule has 0 atom stereocenters. The lowest BCUT2D eigenvalue weighted by Crippen LogP contribution is -2.46. The maximum atomic E-state index is 12.3. The predicted octanol–water partition coefficient (Wildman–Crippen LogP) is 8.73. The first kappa shape index (κ1) is 26.4. The van der Waals surface area contributed by atoms with Gasteiger partial charge in [0.05, 0.1) is 46.1 Å². The summed E-state index contributed by atoms with van der Waals surface area (Å²) in [5.74, 6) is 1.01. The molecule has 0 aliphatic heterocycles. The van der Waals surface area contributed by atoms with E-state index >= 15 is 0 Å². The molecule has 0 N–H and O–H groups in total. The van der Waals surface area contributed by atoms with Crippen molar-refractivity contribution >= 4 is 50.7 Å². The van der Waals surface area contributed by atoms with Crippen molar-refractivity contribution in [2.45, 2.75) is 69.3 Å². The van der Waals surface area contributed by atoms with Crippen molar-refractivity contribution in [2.24, 2.45) is 5.41 Å². The number of fused-ring (bicyclic) bond motifs is 4. The highest BCUT2D eigenvalue weighted by atomic mass is 35.5. The zero-order valence-corrected chi connectivity index (χ0v) is 24.6. The number of carbonyl (C=O) groups excluding carboxylic acids is 1. The lowest BCUT2D eigenvalue weighted by molar-refractivity contribution is -0.0433. The van der Waals surface area contributed by atoms with Gasteiger partial charge in [-0.05, 0) is 81.0 Å². The van der Waals surface area contributed by atoms with Crippen molar-refractivity contribution in [1.82, 2.24) is 10.1 Å². The number of ether oxygens (including phenoxy) is 2. The van der Waals surface area contributed by atoms with Crippen LogP contribution in [0.1, 0.15) is 84.0 Å². The number of nitrogens with zero attached hydrogens (tertiary/aromatic N) is 2. The number of carbonyl (C=O) groups is 1. The Hall–Kier alpha value is -2.45. The molecule has 4 aliphatic rings. The molecule has 2 aromatic carbocycles. The average Bonchev–Trinajstić information content (AvgIpc) is 3.58. The van der Waals surface area contributed by atoms with Gasteiger partial charge >= 0.3 is 5.97 Å². The van der Waals surface area contributed by atoms with Crippen molar-refractivity contribution < 1.29 is 18.8 Å². The van der Waals surface area contributed by atoms with Gasteiger partial charge in [-0.2, -0.15) is 0 Å². The summed E-state index contributed by atoms with van der Waals surface area (Å²) in [4.78, 5) is 17.3. The molecule has 40 heavy (non-hydrogen) atoms. The number of benzene rings is 2. The number of hydrogen-bond acceptors (Lipinski definition) is 7.